The number of aryl methyl sites for hydroxylation is 1. The molecule has 5 aliphatic heterocycles. The molecule has 14 nitrogen and oxygen atoms in total. The Labute approximate surface area is 345 Å². The molecule has 9 rings (SSSR count). The number of phenolic OH excluding ortho intramolecular Hbond substituents is 1. The normalized spacial score (nSPS) is 21.2. The fourth-order valence-corrected chi connectivity index (χ4v) is 10.0. The summed E-state index contributed by atoms with van der Waals surface area (Å²) in [5.41, 5.74) is 3.24. The van der Waals surface area contributed by atoms with Gasteiger partial charge in [-0.1, -0.05) is 12.1 Å². The van der Waals surface area contributed by atoms with Crippen molar-refractivity contribution in [2.24, 2.45) is 18.4 Å². The van der Waals surface area contributed by atoms with E-state index in [9.17, 15) is 19.5 Å². The number of amides is 3. The summed E-state index contributed by atoms with van der Waals surface area (Å²) >= 11 is 0. The highest BCUT2D eigenvalue weighted by Crippen LogP contribution is 2.43. The molecule has 0 unspecified atom stereocenters. The third kappa shape index (κ3) is 8.11. The van der Waals surface area contributed by atoms with E-state index in [0.29, 0.717) is 73.9 Å². The average molecular weight is 802 g/mol. The lowest BCUT2D eigenvalue weighted by Gasteiger charge is -2.55. The second-order valence-corrected chi connectivity index (χ2v) is 17.4. The van der Waals surface area contributed by atoms with Crippen LogP contribution in [0.3, 0.4) is 0 Å². The number of rotatable bonds is 10. The fourth-order valence-electron chi connectivity index (χ4n) is 10.0. The Hall–Kier alpha value is -5.50. The number of likely N-dealkylation sites (tertiary alicyclic amines) is 2. The molecule has 1 N–H and O–H groups in total. The van der Waals surface area contributed by atoms with E-state index in [1.54, 1.807) is 23.0 Å². The molecule has 0 atom stereocenters. The van der Waals surface area contributed by atoms with Gasteiger partial charge in [-0.2, -0.15) is 10.2 Å². The Kier molecular flexibility index (Phi) is 10.8. The number of piperidine rings is 4. The van der Waals surface area contributed by atoms with Crippen LogP contribution in [0.2, 0.25) is 0 Å². The quantitative estimate of drug-likeness (QED) is 0.210. The number of carbonyl (C=O) groups is 3. The third-order valence-corrected chi connectivity index (χ3v) is 13.6. The summed E-state index contributed by atoms with van der Waals surface area (Å²) in [5, 5.41) is 23.4. The van der Waals surface area contributed by atoms with Gasteiger partial charge in [0.2, 0.25) is 17.7 Å². The van der Waals surface area contributed by atoms with Crippen LogP contribution in [0.4, 0.5) is 17.1 Å². The topological polar surface area (TPSA) is 140 Å². The number of carbonyl (C=O) groups excluding carboxylic acids is 3. The number of para-hydroxylation sites is 1. The number of benzene rings is 2. The largest absolute Gasteiger partial charge is 0.507 e. The van der Waals surface area contributed by atoms with E-state index < -0.39 is 5.60 Å². The smallest absolute Gasteiger partial charge is 0.266 e. The second-order valence-electron chi connectivity index (χ2n) is 17.4. The molecule has 3 amide bonds. The molecule has 59 heavy (non-hydrogen) atoms. The standard InChI is InChI=1S/C45H55N9O5/c1-49-21-16-40(48-49)59-45(19-27-52(28-20-45)36-29-38(47-46-30-36)37-5-2-3-6-39(37)55)43(58)53-25-17-44(18-26-53)31-50(32-44)22-13-33-14-23-51(24-15-33)34-9-11-35(12-10-34)54-41(56)7-4-8-42(54)57/h2-3,5-6,9-12,16,21,29-30,33,55H,4,7-8,13-15,17-20,22-28,31-32H2,1H3. The van der Waals surface area contributed by atoms with Gasteiger partial charge < -0.3 is 29.4 Å². The SMILES string of the molecule is Cn1ccc(OC2(C(=O)N3CCC4(CC3)CN(CCC3CCN(c5ccc(N6C(=O)CCCC6=O)cc5)CC3)C4)CCN(c3cnnc(-c4ccccc4O)c3)CC2)n1. The molecule has 2 aromatic carbocycles. The molecule has 0 radical (unpaired) electrons. The average Bonchev–Trinajstić information content (AvgIpc) is 3.66. The first-order chi connectivity index (χ1) is 28.7. The van der Waals surface area contributed by atoms with Gasteiger partial charge in [0.25, 0.3) is 5.91 Å². The lowest BCUT2D eigenvalue weighted by Crippen LogP contribution is -2.64. The molecule has 1 spiro atoms. The molecule has 7 heterocycles. The first-order valence-electron chi connectivity index (χ1n) is 21.4. The van der Waals surface area contributed by atoms with E-state index in [4.69, 9.17) is 4.74 Å². The summed E-state index contributed by atoms with van der Waals surface area (Å²) in [6.45, 7) is 8.07. The zero-order valence-corrected chi connectivity index (χ0v) is 34.0. The fraction of sp³-hybridized carbons (Fsp3) is 0.511. The second kappa shape index (κ2) is 16.3. The highest BCUT2D eigenvalue weighted by atomic mass is 16.5. The maximum Gasteiger partial charge on any atom is 0.266 e. The summed E-state index contributed by atoms with van der Waals surface area (Å²) < 4.78 is 8.29. The molecule has 0 bridgehead atoms. The predicted molar refractivity (Wildman–Crippen MR) is 224 cm³/mol. The minimum Gasteiger partial charge on any atom is -0.507 e. The Morgan fingerprint density at radius 2 is 1.51 bits per heavy atom. The number of hydrogen-bond acceptors (Lipinski definition) is 11. The number of phenols is 1. The lowest BCUT2D eigenvalue weighted by molar-refractivity contribution is -0.155. The molecule has 5 aliphatic rings. The van der Waals surface area contributed by atoms with Crippen molar-refractivity contribution in [2.75, 3.05) is 73.6 Å². The van der Waals surface area contributed by atoms with Crippen molar-refractivity contribution in [3.8, 4) is 22.9 Å². The van der Waals surface area contributed by atoms with Crippen LogP contribution in [-0.2, 0) is 21.4 Å². The molecule has 2 aromatic heterocycles. The zero-order valence-electron chi connectivity index (χ0n) is 34.0. The Morgan fingerprint density at radius 1 is 0.831 bits per heavy atom. The van der Waals surface area contributed by atoms with Crippen LogP contribution in [0.5, 0.6) is 11.6 Å². The van der Waals surface area contributed by atoms with Crippen LogP contribution >= 0.6 is 0 Å². The number of aromatic nitrogens is 4. The molecule has 310 valence electrons. The number of imide groups is 1. The van der Waals surface area contributed by atoms with E-state index >= 15 is 0 Å². The summed E-state index contributed by atoms with van der Waals surface area (Å²) in [6, 6.07) is 18.8. The maximum absolute atomic E-state index is 14.5. The van der Waals surface area contributed by atoms with Crippen LogP contribution in [0.1, 0.15) is 64.2 Å². The lowest BCUT2D eigenvalue weighted by atomic mass is 9.71. The number of hydrogen-bond donors (Lipinski definition) is 1. The molecular weight excluding hydrogens is 747 g/mol. The van der Waals surface area contributed by atoms with Crippen molar-refractivity contribution in [3.05, 3.63) is 73.1 Å². The Morgan fingerprint density at radius 3 is 2.19 bits per heavy atom. The molecule has 14 heteroatoms. The summed E-state index contributed by atoms with van der Waals surface area (Å²) in [5.74, 6) is 1.19. The predicted octanol–water partition coefficient (Wildman–Crippen LogP) is 5.28. The van der Waals surface area contributed by atoms with Gasteiger partial charge in [0.05, 0.1) is 23.3 Å². The Bertz CT molecular complexity index is 2130. The number of aromatic hydroxyl groups is 1. The highest BCUT2D eigenvalue weighted by Gasteiger charge is 2.50. The molecule has 5 fully saturated rings. The van der Waals surface area contributed by atoms with Gasteiger partial charge in [0.15, 0.2) is 5.60 Å². The van der Waals surface area contributed by atoms with E-state index in [1.165, 1.54) is 24.2 Å². The zero-order chi connectivity index (χ0) is 40.6. The van der Waals surface area contributed by atoms with Gasteiger partial charge in [0.1, 0.15) is 5.75 Å². The summed E-state index contributed by atoms with van der Waals surface area (Å²) in [4.78, 5) is 49.9. The molecule has 4 aromatic rings. The maximum atomic E-state index is 14.5. The number of anilines is 3. The van der Waals surface area contributed by atoms with Gasteiger partial charge in [-0.25, -0.2) is 0 Å². The van der Waals surface area contributed by atoms with Crippen molar-refractivity contribution >= 4 is 34.8 Å². The van der Waals surface area contributed by atoms with Crippen molar-refractivity contribution < 1.29 is 24.2 Å². The molecule has 5 saturated heterocycles. The van der Waals surface area contributed by atoms with Crippen LogP contribution in [0, 0.1) is 11.3 Å². The first-order valence-corrected chi connectivity index (χ1v) is 21.4. The van der Waals surface area contributed by atoms with Crippen LogP contribution in [0.25, 0.3) is 11.3 Å². The van der Waals surface area contributed by atoms with Crippen molar-refractivity contribution in [1.82, 2.24) is 29.8 Å². The Balaban J connectivity index is 0.748. The van der Waals surface area contributed by atoms with Gasteiger partial charge in [-0.3, -0.25) is 24.0 Å². The van der Waals surface area contributed by atoms with Gasteiger partial charge in [0, 0.05) is 109 Å². The molecule has 0 saturated carbocycles. The van der Waals surface area contributed by atoms with Gasteiger partial charge in [-0.05, 0) is 98.9 Å². The molecular formula is C45H55N9O5. The van der Waals surface area contributed by atoms with E-state index in [0.717, 1.165) is 70.0 Å². The third-order valence-electron chi connectivity index (χ3n) is 13.6. The first kappa shape index (κ1) is 39.0. The van der Waals surface area contributed by atoms with Crippen molar-refractivity contribution in [3.63, 3.8) is 0 Å². The number of ether oxygens (including phenoxy) is 1. The molecule has 0 aliphatic carbocycles. The minimum atomic E-state index is -1.00. The highest BCUT2D eigenvalue weighted by molar-refractivity contribution is 6.16. The van der Waals surface area contributed by atoms with E-state index in [1.807, 2.05) is 54.5 Å². The monoisotopic (exact) mass is 801 g/mol. The van der Waals surface area contributed by atoms with Crippen molar-refractivity contribution in [1.29, 1.82) is 0 Å². The summed E-state index contributed by atoms with van der Waals surface area (Å²) in [6.07, 6.45) is 11.7. The van der Waals surface area contributed by atoms with E-state index in [-0.39, 0.29) is 28.9 Å². The van der Waals surface area contributed by atoms with Gasteiger partial charge in [-0.15, -0.1) is 5.10 Å². The van der Waals surface area contributed by atoms with Crippen LogP contribution in [-0.4, -0.2) is 117 Å². The van der Waals surface area contributed by atoms with Crippen LogP contribution in [0.15, 0.2) is 73.1 Å². The van der Waals surface area contributed by atoms with Crippen LogP contribution < -0.4 is 19.4 Å². The number of nitrogens with zero attached hydrogens (tertiary/aromatic N) is 9. The van der Waals surface area contributed by atoms with Crippen molar-refractivity contribution in [2.45, 2.75) is 69.8 Å². The van der Waals surface area contributed by atoms with Gasteiger partial charge >= 0.3 is 0 Å². The van der Waals surface area contributed by atoms with E-state index in [2.05, 4.69) is 42.1 Å². The summed E-state index contributed by atoms with van der Waals surface area (Å²) in [7, 11) is 1.85. The minimum absolute atomic E-state index is 0.0612.